The Labute approximate surface area is 140 Å². The number of anilines is 1. The highest BCUT2D eigenvalue weighted by atomic mass is 35.5. The van der Waals surface area contributed by atoms with Crippen molar-refractivity contribution in [3.8, 4) is 5.75 Å². The molecular weight excluding hydrogens is 338 g/mol. The molecule has 0 aliphatic heterocycles. The van der Waals surface area contributed by atoms with Crippen molar-refractivity contribution < 1.29 is 17.4 Å². The summed E-state index contributed by atoms with van der Waals surface area (Å²) in [5.74, 6) is -0.0512. The number of aryl methyl sites for hydroxylation is 2. The Bertz CT molecular complexity index is 845. The number of benzene rings is 2. The van der Waals surface area contributed by atoms with Gasteiger partial charge < -0.3 is 9.50 Å². The van der Waals surface area contributed by atoms with Crippen LogP contribution in [0.5, 0.6) is 5.75 Å². The maximum atomic E-state index is 12.4. The van der Waals surface area contributed by atoms with Crippen LogP contribution in [-0.4, -0.2) is 14.3 Å². The number of hydrogen-bond acceptors (Lipinski definition) is 4. The molecule has 0 bridgehead atoms. The topological polar surface area (TPSA) is 72.5 Å². The van der Waals surface area contributed by atoms with Gasteiger partial charge in [-0.25, -0.2) is 0 Å². The quantitative estimate of drug-likeness (QED) is 0.851. The van der Waals surface area contributed by atoms with E-state index in [9.17, 15) is 13.2 Å². The monoisotopic (exact) mass is 353 g/mol. The van der Waals surface area contributed by atoms with Crippen LogP contribution in [0.25, 0.3) is 0 Å². The molecule has 2 aromatic carbocycles. The minimum atomic E-state index is -3.97. The molecule has 0 saturated heterocycles. The summed E-state index contributed by atoms with van der Waals surface area (Å²) in [6, 6.07) is 9.14. The Morgan fingerprint density at radius 2 is 1.70 bits per heavy atom. The number of amides is 1. The molecule has 0 aromatic heterocycles. The molecule has 122 valence electrons. The predicted molar refractivity (Wildman–Crippen MR) is 89.5 cm³/mol. The Kier molecular flexibility index (Phi) is 4.97. The molecule has 0 fully saturated rings. The van der Waals surface area contributed by atoms with Gasteiger partial charge in [0.05, 0.1) is 0 Å². The van der Waals surface area contributed by atoms with Gasteiger partial charge in [0.15, 0.2) is 0 Å². The third-order valence-electron chi connectivity index (χ3n) is 3.11. The first-order valence-corrected chi connectivity index (χ1v) is 8.56. The predicted octanol–water partition coefficient (Wildman–Crippen LogP) is 3.68. The zero-order valence-corrected chi connectivity index (χ0v) is 14.5. The Morgan fingerprint density at radius 3 is 2.26 bits per heavy atom. The molecule has 23 heavy (non-hydrogen) atoms. The number of carbonyl (C=O) groups is 1. The summed E-state index contributed by atoms with van der Waals surface area (Å²) < 4.78 is 30.0. The molecular formula is C16H16ClNO4S. The lowest BCUT2D eigenvalue weighted by atomic mass is 10.2. The normalized spacial score (nSPS) is 11.1. The van der Waals surface area contributed by atoms with Gasteiger partial charge in [-0.1, -0.05) is 11.6 Å². The van der Waals surface area contributed by atoms with Crippen molar-refractivity contribution in [3.63, 3.8) is 0 Å². The minimum Gasteiger partial charge on any atom is -0.379 e. The maximum Gasteiger partial charge on any atom is 0.339 e. The van der Waals surface area contributed by atoms with Crippen LogP contribution in [0.2, 0.25) is 5.02 Å². The van der Waals surface area contributed by atoms with Gasteiger partial charge in [-0.05, 0) is 61.4 Å². The van der Waals surface area contributed by atoms with Gasteiger partial charge >= 0.3 is 10.1 Å². The van der Waals surface area contributed by atoms with Crippen molar-refractivity contribution in [3.05, 3.63) is 52.5 Å². The van der Waals surface area contributed by atoms with Crippen LogP contribution in [0.1, 0.15) is 18.1 Å². The number of hydrogen-bond donors (Lipinski definition) is 1. The van der Waals surface area contributed by atoms with Crippen molar-refractivity contribution >= 4 is 33.3 Å². The van der Waals surface area contributed by atoms with E-state index in [1.54, 1.807) is 32.0 Å². The smallest absolute Gasteiger partial charge is 0.339 e. The molecule has 2 rings (SSSR count). The van der Waals surface area contributed by atoms with Gasteiger partial charge in [-0.2, -0.15) is 8.42 Å². The van der Waals surface area contributed by atoms with Crippen LogP contribution in [-0.2, 0) is 14.9 Å². The molecule has 0 heterocycles. The standard InChI is InChI=1S/C16H16ClNO4S/c1-10-9-16(11(2)8-15(10)17)23(20,21)22-14-6-4-13(5-7-14)18-12(3)19/h4-9H,1-3H3,(H,18,19). The summed E-state index contributed by atoms with van der Waals surface area (Å²) in [7, 11) is -3.97. The van der Waals surface area contributed by atoms with E-state index < -0.39 is 10.1 Å². The van der Waals surface area contributed by atoms with Crippen LogP contribution in [0.3, 0.4) is 0 Å². The van der Waals surface area contributed by atoms with Crippen LogP contribution >= 0.6 is 11.6 Å². The lowest BCUT2D eigenvalue weighted by Crippen LogP contribution is -2.12. The third-order valence-corrected chi connectivity index (χ3v) is 4.90. The zero-order chi connectivity index (χ0) is 17.2. The fourth-order valence-corrected chi connectivity index (χ4v) is 3.44. The molecule has 5 nitrogen and oxygen atoms in total. The molecule has 0 radical (unpaired) electrons. The summed E-state index contributed by atoms with van der Waals surface area (Å²) in [5, 5.41) is 3.09. The van der Waals surface area contributed by atoms with Crippen LogP contribution in [0, 0.1) is 13.8 Å². The first-order valence-electron chi connectivity index (χ1n) is 6.78. The summed E-state index contributed by atoms with van der Waals surface area (Å²) in [6.07, 6.45) is 0. The van der Waals surface area contributed by atoms with Crippen LogP contribution in [0.15, 0.2) is 41.3 Å². The third kappa shape index (κ3) is 4.24. The highest BCUT2D eigenvalue weighted by Crippen LogP contribution is 2.27. The Morgan fingerprint density at radius 1 is 1.09 bits per heavy atom. The fourth-order valence-electron chi connectivity index (χ4n) is 1.99. The molecule has 1 amide bonds. The molecule has 0 atom stereocenters. The van der Waals surface area contributed by atoms with E-state index in [1.807, 2.05) is 0 Å². The van der Waals surface area contributed by atoms with E-state index in [0.717, 1.165) is 0 Å². The van der Waals surface area contributed by atoms with E-state index >= 15 is 0 Å². The van der Waals surface area contributed by atoms with Crippen molar-refractivity contribution in [2.24, 2.45) is 0 Å². The first kappa shape index (κ1) is 17.3. The molecule has 0 aliphatic carbocycles. The van der Waals surface area contributed by atoms with E-state index in [0.29, 0.717) is 21.8 Å². The number of rotatable bonds is 4. The van der Waals surface area contributed by atoms with Gasteiger partial charge in [0.1, 0.15) is 10.6 Å². The van der Waals surface area contributed by atoms with Gasteiger partial charge in [-0.3, -0.25) is 4.79 Å². The lowest BCUT2D eigenvalue weighted by Gasteiger charge is -2.11. The minimum absolute atomic E-state index is 0.0744. The SMILES string of the molecule is CC(=O)Nc1ccc(OS(=O)(=O)c2cc(C)c(Cl)cc2C)cc1. The summed E-state index contributed by atoms with van der Waals surface area (Å²) in [5.41, 5.74) is 1.72. The van der Waals surface area contributed by atoms with Crippen molar-refractivity contribution in [1.82, 2.24) is 0 Å². The van der Waals surface area contributed by atoms with Crippen LogP contribution in [0.4, 0.5) is 5.69 Å². The molecule has 0 spiro atoms. The molecule has 7 heteroatoms. The second-order valence-electron chi connectivity index (χ2n) is 5.11. The van der Waals surface area contributed by atoms with Gasteiger partial charge in [-0.15, -0.1) is 0 Å². The van der Waals surface area contributed by atoms with E-state index in [2.05, 4.69) is 5.32 Å². The van der Waals surface area contributed by atoms with Crippen molar-refractivity contribution in [1.29, 1.82) is 0 Å². The number of carbonyl (C=O) groups excluding carboxylic acids is 1. The largest absolute Gasteiger partial charge is 0.379 e. The van der Waals surface area contributed by atoms with Crippen molar-refractivity contribution in [2.45, 2.75) is 25.7 Å². The van der Waals surface area contributed by atoms with E-state index in [4.69, 9.17) is 15.8 Å². The Hall–Kier alpha value is -2.05. The molecule has 0 unspecified atom stereocenters. The summed E-state index contributed by atoms with van der Waals surface area (Å²) in [4.78, 5) is 11.0. The number of nitrogens with one attached hydrogen (secondary N) is 1. The first-order chi connectivity index (χ1) is 10.7. The van der Waals surface area contributed by atoms with Crippen LogP contribution < -0.4 is 9.50 Å². The lowest BCUT2D eigenvalue weighted by molar-refractivity contribution is -0.114. The summed E-state index contributed by atoms with van der Waals surface area (Å²) in [6.45, 7) is 4.77. The Balaban J connectivity index is 2.28. The molecule has 0 saturated carbocycles. The second-order valence-corrected chi connectivity index (χ2v) is 7.03. The highest BCUT2D eigenvalue weighted by Gasteiger charge is 2.20. The number of halogens is 1. The van der Waals surface area contributed by atoms with Gasteiger partial charge in [0.25, 0.3) is 0 Å². The fraction of sp³-hybridized carbons (Fsp3) is 0.188. The zero-order valence-electron chi connectivity index (χ0n) is 12.9. The van der Waals surface area contributed by atoms with Gasteiger partial charge in [0, 0.05) is 17.6 Å². The van der Waals surface area contributed by atoms with Crippen molar-refractivity contribution in [2.75, 3.05) is 5.32 Å². The average Bonchev–Trinajstić information content (AvgIpc) is 2.44. The van der Waals surface area contributed by atoms with Gasteiger partial charge in [0.2, 0.25) is 5.91 Å². The highest BCUT2D eigenvalue weighted by molar-refractivity contribution is 7.87. The second kappa shape index (κ2) is 6.60. The molecule has 0 aliphatic rings. The average molecular weight is 354 g/mol. The maximum absolute atomic E-state index is 12.4. The molecule has 1 N–H and O–H groups in total. The molecule has 2 aromatic rings. The summed E-state index contributed by atoms with van der Waals surface area (Å²) >= 11 is 5.99. The van der Waals surface area contributed by atoms with E-state index in [-0.39, 0.29) is 16.6 Å². The van der Waals surface area contributed by atoms with E-state index in [1.165, 1.54) is 25.1 Å².